The number of hydrogen-bond donors (Lipinski definition) is 1. The molecule has 1 atom stereocenters. The van der Waals surface area contributed by atoms with Gasteiger partial charge in [-0.15, -0.1) is 0 Å². The Kier molecular flexibility index (Phi) is 6.92. The molecular weight excluding hydrogens is 377 g/mol. The fourth-order valence-corrected chi connectivity index (χ4v) is 3.31. The molecule has 3 rings (SSSR count). The Morgan fingerprint density at radius 2 is 1.59 bits per heavy atom. The third-order valence-electron chi connectivity index (χ3n) is 4.40. The molecule has 0 aliphatic heterocycles. The van der Waals surface area contributed by atoms with Crippen molar-refractivity contribution in [2.24, 2.45) is 0 Å². The minimum atomic E-state index is -0.145. The van der Waals surface area contributed by atoms with E-state index in [9.17, 15) is 4.79 Å². The van der Waals surface area contributed by atoms with Crippen molar-refractivity contribution in [2.75, 3.05) is 5.32 Å². The lowest BCUT2D eigenvalue weighted by atomic mass is 9.97. The molecule has 0 saturated carbocycles. The molecule has 4 heteroatoms. The van der Waals surface area contributed by atoms with Crippen molar-refractivity contribution >= 4 is 34.7 Å². The molecule has 0 fully saturated rings. The molecule has 0 bridgehead atoms. The van der Waals surface area contributed by atoms with E-state index in [1.807, 2.05) is 78.9 Å². The first-order chi connectivity index (χ1) is 13.1. The number of hydrogen-bond acceptors (Lipinski definition) is 2. The van der Waals surface area contributed by atoms with Crippen LogP contribution in [0.25, 0.3) is 0 Å². The summed E-state index contributed by atoms with van der Waals surface area (Å²) in [4.78, 5) is 12.6. The summed E-state index contributed by atoms with van der Waals surface area (Å²) in [6.45, 7) is 0. The van der Waals surface area contributed by atoms with Crippen LogP contribution in [0.5, 0.6) is 0 Å². The van der Waals surface area contributed by atoms with Crippen molar-refractivity contribution < 1.29 is 4.79 Å². The zero-order valence-corrected chi connectivity index (χ0v) is 16.4. The Hall–Kier alpha value is -2.29. The molecule has 1 N–H and O–H groups in total. The quantitative estimate of drug-likeness (QED) is 0.455. The predicted octanol–water partition coefficient (Wildman–Crippen LogP) is 6.74. The lowest BCUT2D eigenvalue weighted by molar-refractivity contribution is -0.119. The number of carbonyl (C=O) groups excluding carboxylic acids is 1. The molecule has 0 aromatic heterocycles. The fraction of sp³-hybridized carbons (Fsp3) is 0.174. The third-order valence-corrected chi connectivity index (χ3v) is 4.89. The van der Waals surface area contributed by atoms with Gasteiger partial charge < -0.3 is 5.32 Å². The fourth-order valence-electron chi connectivity index (χ4n) is 2.98. The van der Waals surface area contributed by atoms with Crippen molar-refractivity contribution in [1.29, 1.82) is 0 Å². The number of rotatable bonds is 8. The van der Waals surface area contributed by atoms with Crippen LogP contribution in [0.15, 0.2) is 78.9 Å². The van der Waals surface area contributed by atoms with Gasteiger partial charge in [0, 0.05) is 28.6 Å². The summed E-state index contributed by atoms with van der Waals surface area (Å²) in [6, 6.07) is 25.0. The highest BCUT2D eigenvalue weighted by Gasteiger charge is 2.16. The molecule has 0 spiro atoms. The van der Waals surface area contributed by atoms with Crippen molar-refractivity contribution in [2.45, 2.75) is 25.3 Å². The van der Waals surface area contributed by atoms with Crippen molar-refractivity contribution in [1.82, 2.24) is 0 Å². The largest absolute Gasteiger partial charge is 0.378 e. The van der Waals surface area contributed by atoms with Crippen LogP contribution in [-0.4, -0.2) is 5.78 Å². The molecule has 3 aromatic carbocycles. The van der Waals surface area contributed by atoms with Crippen molar-refractivity contribution in [3.8, 4) is 0 Å². The molecule has 0 aliphatic rings. The summed E-state index contributed by atoms with van der Waals surface area (Å²) in [5.74, 6) is 0.213. The van der Waals surface area contributed by atoms with E-state index in [-0.39, 0.29) is 11.8 Å². The van der Waals surface area contributed by atoms with E-state index in [1.54, 1.807) is 0 Å². The normalized spacial score (nSPS) is 11.8. The van der Waals surface area contributed by atoms with Gasteiger partial charge in [0.05, 0.1) is 6.04 Å². The number of Topliss-reactive ketones (excluding diaryl/α,β-unsaturated/α-hetero) is 1. The molecular formula is C23H21Cl2NO. The first-order valence-corrected chi connectivity index (χ1v) is 9.69. The second kappa shape index (κ2) is 9.59. The molecule has 138 valence electrons. The van der Waals surface area contributed by atoms with Gasteiger partial charge in [-0.1, -0.05) is 65.7 Å². The summed E-state index contributed by atoms with van der Waals surface area (Å²) < 4.78 is 0. The first kappa shape index (κ1) is 19.5. The van der Waals surface area contributed by atoms with Crippen LogP contribution in [-0.2, 0) is 11.2 Å². The Morgan fingerprint density at radius 1 is 0.852 bits per heavy atom. The topological polar surface area (TPSA) is 29.1 Å². The van der Waals surface area contributed by atoms with E-state index in [1.165, 1.54) is 5.56 Å². The Morgan fingerprint density at radius 3 is 2.30 bits per heavy atom. The van der Waals surface area contributed by atoms with Gasteiger partial charge in [-0.2, -0.15) is 0 Å². The molecule has 1 unspecified atom stereocenters. The third kappa shape index (κ3) is 6.13. The maximum absolute atomic E-state index is 12.6. The number of nitrogens with one attached hydrogen (secondary N) is 1. The lowest BCUT2D eigenvalue weighted by Gasteiger charge is -2.20. The first-order valence-electron chi connectivity index (χ1n) is 8.93. The van der Waals surface area contributed by atoms with Crippen LogP contribution in [0.1, 0.15) is 30.0 Å². The average Bonchev–Trinajstić information content (AvgIpc) is 2.68. The molecule has 3 aromatic rings. The Labute approximate surface area is 170 Å². The maximum atomic E-state index is 12.6. The predicted molar refractivity (Wildman–Crippen MR) is 114 cm³/mol. The number of anilines is 1. The smallest absolute Gasteiger partial charge is 0.135 e. The summed E-state index contributed by atoms with van der Waals surface area (Å²) in [7, 11) is 0. The molecule has 27 heavy (non-hydrogen) atoms. The zero-order chi connectivity index (χ0) is 19.1. The maximum Gasteiger partial charge on any atom is 0.135 e. The molecule has 0 aliphatic carbocycles. The van der Waals surface area contributed by atoms with Crippen LogP contribution < -0.4 is 5.32 Å². The number of carbonyl (C=O) groups is 1. The van der Waals surface area contributed by atoms with E-state index in [0.29, 0.717) is 22.9 Å². The number of aryl methyl sites for hydroxylation is 1. The van der Waals surface area contributed by atoms with Gasteiger partial charge >= 0.3 is 0 Å². The number of benzene rings is 3. The number of ketones is 1. The Balaban J connectivity index is 1.70. The molecule has 2 nitrogen and oxygen atoms in total. The van der Waals surface area contributed by atoms with Gasteiger partial charge in [0.25, 0.3) is 0 Å². The van der Waals surface area contributed by atoms with Crippen LogP contribution in [0.2, 0.25) is 10.0 Å². The van der Waals surface area contributed by atoms with Gasteiger partial charge in [-0.3, -0.25) is 4.79 Å². The van der Waals surface area contributed by atoms with E-state index < -0.39 is 0 Å². The summed E-state index contributed by atoms with van der Waals surface area (Å²) in [6.07, 6.45) is 1.67. The molecule has 0 saturated heterocycles. The van der Waals surface area contributed by atoms with Gasteiger partial charge in [0.2, 0.25) is 0 Å². The second-order valence-corrected chi connectivity index (χ2v) is 7.36. The molecule has 0 radical (unpaired) electrons. The minimum absolute atomic E-state index is 0.145. The van der Waals surface area contributed by atoms with E-state index in [2.05, 4.69) is 5.32 Å². The van der Waals surface area contributed by atoms with Gasteiger partial charge in [0.1, 0.15) is 5.78 Å². The van der Waals surface area contributed by atoms with Crippen LogP contribution in [0, 0.1) is 0 Å². The highest BCUT2D eigenvalue weighted by atomic mass is 35.5. The second-order valence-electron chi connectivity index (χ2n) is 6.49. The number of halogens is 2. The molecule has 0 heterocycles. The van der Waals surface area contributed by atoms with Gasteiger partial charge in [-0.05, 0) is 53.9 Å². The Bertz CT molecular complexity index is 878. The van der Waals surface area contributed by atoms with Crippen LogP contribution in [0.3, 0.4) is 0 Å². The van der Waals surface area contributed by atoms with Gasteiger partial charge in [0.15, 0.2) is 0 Å². The highest BCUT2D eigenvalue weighted by Crippen LogP contribution is 2.26. The van der Waals surface area contributed by atoms with E-state index in [0.717, 1.165) is 17.7 Å². The minimum Gasteiger partial charge on any atom is -0.378 e. The van der Waals surface area contributed by atoms with Crippen molar-refractivity contribution in [3.63, 3.8) is 0 Å². The summed E-state index contributed by atoms with van der Waals surface area (Å²) in [5, 5.41) is 4.78. The van der Waals surface area contributed by atoms with Crippen LogP contribution >= 0.6 is 23.2 Å². The summed E-state index contributed by atoms with van der Waals surface area (Å²) >= 11 is 12.1. The lowest BCUT2D eigenvalue weighted by Crippen LogP contribution is -2.16. The SMILES string of the molecule is O=C(CCc1ccccc1)CC(Nc1ccc(Cl)cc1)c1cccc(Cl)c1. The summed E-state index contributed by atoms with van der Waals surface area (Å²) in [5.41, 5.74) is 3.08. The molecule has 0 amide bonds. The van der Waals surface area contributed by atoms with E-state index >= 15 is 0 Å². The highest BCUT2D eigenvalue weighted by molar-refractivity contribution is 6.30. The average molecular weight is 398 g/mol. The van der Waals surface area contributed by atoms with E-state index in [4.69, 9.17) is 23.2 Å². The van der Waals surface area contributed by atoms with Crippen molar-refractivity contribution in [3.05, 3.63) is 100 Å². The van der Waals surface area contributed by atoms with Gasteiger partial charge in [-0.25, -0.2) is 0 Å². The van der Waals surface area contributed by atoms with Crippen LogP contribution in [0.4, 0.5) is 5.69 Å². The zero-order valence-electron chi connectivity index (χ0n) is 14.9. The monoisotopic (exact) mass is 397 g/mol. The standard InChI is InChI=1S/C23H21Cl2NO/c24-19-10-12-21(13-11-19)26-23(18-7-4-8-20(25)15-18)16-22(27)14-9-17-5-2-1-3-6-17/h1-8,10-13,15,23,26H,9,14,16H2.